The second kappa shape index (κ2) is 3.73. The highest BCUT2D eigenvalue weighted by molar-refractivity contribution is 5.96. The molecule has 1 aromatic heterocycles. The molecule has 1 N–H and O–H groups in total. The molecule has 0 atom stereocenters. The minimum Gasteiger partial charge on any atom is -0.507 e. The van der Waals surface area contributed by atoms with Crippen LogP contribution in [0.3, 0.4) is 0 Å². The summed E-state index contributed by atoms with van der Waals surface area (Å²) in [4.78, 5) is 15.5. The summed E-state index contributed by atoms with van der Waals surface area (Å²) in [6.07, 6.45) is 2.81. The van der Waals surface area contributed by atoms with Gasteiger partial charge in [-0.2, -0.15) is 0 Å². The molecular weight excluding hydrogens is 194 g/mol. The number of aliphatic hydroxyl groups is 1. The predicted molar refractivity (Wildman–Crippen MR) is 54.1 cm³/mol. The number of fused-ring (bicyclic) bond motifs is 1. The topological polar surface area (TPSA) is 59.4 Å². The van der Waals surface area contributed by atoms with Gasteiger partial charge in [-0.3, -0.25) is 4.98 Å². The van der Waals surface area contributed by atoms with Crippen molar-refractivity contribution in [3.8, 4) is 0 Å². The van der Waals surface area contributed by atoms with Crippen LogP contribution in [0.1, 0.15) is 17.7 Å². The van der Waals surface area contributed by atoms with E-state index >= 15 is 0 Å². The maximum atomic E-state index is 11.3. The first-order chi connectivity index (χ1) is 7.24. The third-order valence-electron chi connectivity index (χ3n) is 2.47. The van der Waals surface area contributed by atoms with Crippen molar-refractivity contribution < 1.29 is 14.6 Å². The third kappa shape index (κ3) is 1.58. The Morgan fingerprint density at radius 1 is 1.53 bits per heavy atom. The van der Waals surface area contributed by atoms with Crippen molar-refractivity contribution in [3.05, 3.63) is 35.2 Å². The number of aliphatic hydroxyl groups excluding tert-OH is 1. The summed E-state index contributed by atoms with van der Waals surface area (Å²) in [6.45, 7) is 0. The Morgan fingerprint density at radius 3 is 3.07 bits per heavy atom. The number of hydrogen-bond acceptors (Lipinski definition) is 4. The van der Waals surface area contributed by atoms with Gasteiger partial charge in [-0.1, -0.05) is 0 Å². The van der Waals surface area contributed by atoms with E-state index in [4.69, 9.17) is 0 Å². The number of aromatic nitrogens is 1. The van der Waals surface area contributed by atoms with E-state index in [1.165, 1.54) is 7.11 Å². The number of rotatable bonds is 1. The zero-order valence-electron chi connectivity index (χ0n) is 8.36. The van der Waals surface area contributed by atoms with Crippen LogP contribution in [-0.4, -0.2) is 23.2 Å². The second-order valence-corrected chi connectivity index (χ2v) is 3.32. The maximum absolute atomic E-state index is 11.3. The molecule has 0 spiro atoms. The molecule has 15 heavy (non-hydrogen) atoms. The molecule has 78 valence electrons. The van der Waals surface area contributed by atoms with Gasteiger partial charge < -0.3 is 9.84 Å². The molecule has 1 aliphatic rings. The summed E-state index contributed by atoms with van der Waals surface area (Å²) in [5, 5.41) is 9.86. The first-order valence-corrected chi connectivity index (χ1v) is 4.68. The monoisotopic (exact) mass is 205 g/mol. The van der Waals surface area contributed by atoms with Crippen molar-refractivity contribution >= 4 is 11.7 Å². The normalized spacial score (nSPS) is 14.7. The average Bonchev–Trinajstić information content (AvgIpc) is 2.29. The van der Waals surface area contributed by atoms with Crippen molar-refractivity contribution in [2.75, 3.05) is 7.11 Å². The van der Waals surface area contributed by atoms with Crippen LogP contribution in [0.4, 0.5) is 0 Å². The standard InChI is InChI=1S/C11H11NO3/c1-15-11(14)8-4-5-9-7(10(8)13)3-2-6-12-9/h2-3,6,13H,4-5H2,1H3. The fourth-order valence-corrected chi connectivity index (χ4v) is 1.70. The van der Waals surface area contributed by atoms with Gasteiger partial charge in [-0.15, -0.1) is 0 Å². The molecule has 1 aromatic rings. The number of aryl methyl sites for hydroxylation is 1. The van der Waals surface area contributed by atoms with Gasteiger partial charge in [0.1, 0.15) is 5.76 Å². The summed E-state index contributed by atoms with van der Waals surface area (Å²) in [7, 11) is 1.31. The lowest BCUT2D eigenvalue weighted by atomic mass is 9.94. The van der Waals surface area contributed by atoms with Gasteiger partial charge in [0.2, 0.25) is 0 Å². The molecule has 0 unspecified atom stereocenters. The molecule has 0 saturated carbocycles. The van der Waals surface area contributed by atoms with E-state index in [0.29, 0.717) is 24.0 Å². The summed E-state index contributed by atoms with van der Waals surface area (Å²) in [5.41, 5.74) is 1.78. The van der Waals surface area contributed by atoms with Crippen LogP contribution in [0, 0.1) is 0 Å². The number of nitrogens with zero attached hydrogens (tertiary/aromatic N) is 1. The van der Waals surface area contributed by atoms with Crippen LogP contribution in [0.2, 0.25) is 0 Å². The van der Waals surface area contributed by atoms with Gasteiger partial charge in [0.15, 0.2) is 0 Å². The van der Waals surface area contributed by atoms with Crippen LogP contribution in [0.25, 0.3) is 5.76 Å². The molecule has 0 radical (unpaired) electrons. The Morgan fingerprint density at radius 2 is 2.33 bits per heavy atom. The number of ether oxygens (including phenoxy) is 1. The van der Waals surface area contributed by atoms with Gasteiger partial charge >= 0.3 is 5.97 Å². The van der Waals surface area contributed by atoms with E-state index in [1.54, 1.807) is 18.3 Å². The molecule has 1 heterocycles. The van der Waals surface area contributed by atoms with E-state index in [0.717, 1.165) is 5.69 Å². The Balaban J connectivity index is 2.49. The number of carbonyl (C=O) groups excluding carboxylic acids is 1. The average molecular weight is 205 g/mol. The quantitative estimate of drug-likeness (QED) is 0.705. The molecule has 0 bridgehead atoms. The molecule has 0 saturated heterocycles. The lowest BCUT2D eigenvalue weighted by molar-refractivity contribution is -0.136. The zero-order chi connectivity index (χ0) is 10.8. The molecule has 0 aromatic carbocycles. The molecule has 4 heteroatoms. The fraction of sp³-hybridized carbons (Fsp3) is 0.273. The van der Waals surface area contributed by atoms with Gasteiger partial charge in [0.05, 0.1) is 18.4 Å². The molecule has 0 amide bonds. The number of carbonyl (C=O) groups is 1. The number of methoxy groups -OCH3 is 1. The number of pyridine rings is 1. The summed E-state index contributed by atoms with van der Waals surface area (Å²) in [5.74, 6) is -0.474. The van der Waals surface area contributed by atoms with Crippen molar-refractivity contribution in [2.24, 2.45) is 0 Å². The zero-order valence-corrected chi connectivity index (χ0v) is 8.36. The van der Waals surface area contributed by atoms with Crippen LogP contribution in [0.15, 0.2) is 23.9 Å². The van der Waals surface area contributed by atoms with E-state index in [-0.39, 0.29) is 5.76 Å². The van der Waals surface area contributed by atoms with E-state index in [2.05, 4.69) is 9.72 Å². The van der Waals surface area contributed by atoms with Crippen molar-refractivity contribution in [1.82, 2.24) is 4.98 Å². The van der Waals surface area contributed by atoms with Gasteiger partial charge in [0.25, 0.3) is 0 Å². The lowest BCUT2D eigenvalue weighted by Gasteiger charge is -2.16. The van der Waals surface area contributed by atoms with Gasteiger partial charge in [-0.05, 0) is 25.0 Å². The smallest absolute Gasteiger partial charge is 0.337 e. The summed E-state index contributed by atoms with van der Waals surface area (Å²) < 4.78 is 4.60. The van der Waals surface area contributed by atoms with Crippen molar-refractivity contribution in [3.63, 3.8) is 0 Å². The molecule has 2 rings (SSSR count). The third-order valence-corrected chi connectivity index (χ3v) is 2.47. The molecule has 1 aliphatic carbocycles. The van der Waals surface area contributed by atoms with E-state index in [1.807, 2.05) is 0 Å². The summed E-state index contributed by atoms with van der Waals surface area (Å²) in [6, 6.07) is 3.48. The number of hydrogen-bond donors (Lipinski definition) is 1. The molecule has 0 fully saturated rings. The van der Waals surface area contributed by atoms with Crippen LogP contribution in [-0.2, 0) is 16.0 Å². The van der Waals surface area contributed by atoms with Crippen LogP contribution < -0.4 is 0 Å². The minimum atomic E-state index is -0.470. The Hall–Kier alpha value is -1.84. The van der Waals surface area contributed by atoms with E-state index in [9.17, 15) is 9.90 Å². The second-order valence-electron chi connectivity index (χ2n) is 3.32. The van der Waals surface area contributed by atoms with Crippen molar-refractivity contribution in [2.45, 2.75) is 12.8 Å². The first-order valence-electron chi connectivity index (χ1n) is 4.68. The predicted octanol–water partition coefficient (Wildman–Crippen LogP) is 1.47. The Labute approximate surface area is 87.2 Å². The van der Waals surface area contributed by atoms with E-state index < -0.39 is 5.97 Å². The fourth-order valence-electron chi connectivity index (χ4n) is 1.70. The highest BCUT2D eigenvalue weighted by Crippen LogP contribution is 2.28. The van der Waals surface area contributed by atoms with Crippen LogP contribution >= 0.6 is 0 Å². The van der Waals surface area contributed by atoms with Crippen LogP contribution in [0.5, 0.6) is 0 Å². The number of esters is 1. The minimum absolute atomic E-state index is 0.00352. The van der Waals surface area contributed by atoms with Crippen molar-refractivity contribution in [1.29, 1.82) is 0 Å². The SMILES string of the molecule is COC(=O)C1=C(O)c2cccnc2CC1. The Bertz CT molecular complexity index is 437. The highest BCUT2D eigenvalue weighted by atomic mass is 16.5. The highest BCUT2D eigenvalue weighted by Gasteiger charge is 2.24. The largest absolute Gasteiger partial charge is 0.507 e. The molecule has 0 aliphatic heterocycles. The Kier molecular flexibility index (Phi) is 2.41. The van der Waals surface area contributed by atoms with Gasteiger partial charge in [0, 0.05) is 11.8 Å². The van der Waals surface area contributed by atoms with Gasteiger partial charge in [-0.25, -0.2) is 4.79 Å². The molecule has 4 nitrogen and oxygen atoms in total. The molecular formula is C11H11NO3. The maximum Gasteiger partial charge on any atom is 0.337 e. The summed E-state index contributed by atoms with van der Waals surface area (Å²) >= 11 is 0. The first kappa shape index (κ1) is 9.71. The lowest BCUT2D eigenvalue weighted by Crippen LogP contribution is -2.14.